The van der Waals surface area contributed by atoms with Crippen molar-refractivity contribution in [3.63, 3.8) is 0 Å². The van der Waals surface area contributed by atoms with Crippen LogP contribution in [0.25, 0.3) is 0 Å². The highest BCUT2D eigenvalue weighted by molar-refractivity contribution is 5.61. The first-order valence-corrected chi connectivity index (χ1v) is 6.89. The summed E-state index contributed by atoms with van der Waals surface area (Å²) in [5, 5.41) is 3.76. The minimum Gasteiger partial charge on any atom is -0.381 e. The van der Waals surface area contributed by atoms with Gasteiger partial charge in [0.15, 0.2) is 0 Å². The molecule has 0 radical (unpaired) electrons. The number of rotatable bonds is 0. The van der Waals surface area contributed by atoms with E-state index in [0.717, 1.165) is 0 Å². The number of anilines is 1. The molecule has 1 fully saturated rings. The second kappa shape index (κ2) is 4.34. The first kappa shape index (κ1) is 11.1. The van der Waals surface area contributed by atoms with Gasteiger partial charge in [0.1, 0.15) is 0 Å². The Kier molecular flexibility index (Phi) is 2.83. The van der Waals surface area contributed by atoms with E-state index in [1.807, 2.05) is 0 Å². The molecule has 0 aromatic heterocycles. The van der Waals surface area contributed by atoms with Gasteiger partial charge in [0, 0.05) is 17.8 Å². The number of fused-ring (bicyclic) bond motifs is 2. The molecule has 1 aliphatic heterocycles. The molecular weight excluding hydrogens is 208 g/mol. The molecule has 0 bridgehead atoms. The SMILES string of the molecule is Cc1cccc2c1NC1CCCCCC1C2N. The van der Waals surface area contributed by atoms with Crippen molar-refractivity contribution in [3.8, 4) is 0 Å². The van der Waals surface area contributed by atoms with Crippen molar-refractivity contribution in [1.29, 1.82) is 0 Å². The molecule has 2 heteroatoms. The van der Waals surface area contributed by atoms with Gasteiger partial charge in [0.25, 0.3) is 0 Å². The van der Waals surface area contributed by atoms with Crippen molar-refractivity contribution < 1.29 is 0 Å². The summed E-state index contributed by atoms with van der Waals surface area (Å²) in [6, 6.07) is 7.33. The molecule has 3 rings (SSSR count). The Morgan fingerprint density at radius 3 is 2.88 bits per heavy atom. The maximum Gasteiger partial charge on any atom is 0.0420 e. The Morgan fingerprint density at radius 1 is 1.18 bits per heavy atom. The van der Waals surface area contributed by atoms with Crippen LogP contribution >= 0.6 is 0 Å². The van der Waals surface area contributed by atoms with Crippen LogP contribution in [0.15, 0.2) is 18.2 Å². The molecule has 0 amide bonds. The predicted octanol–water partition coefficient (Wildman–Crippen LogP) is 3.37. The third kappa shape index (κ3) is 1.85. The summed E-state index contributed by atoms with van der Waals surface area (Å²) in [6.07, 6.45) is 6.63. The fraction of sp³-hybridized carbons (Fsp3) is 0.600. The largest absolute Gasteiger partial charge is 0.381 e. The third-order valence-electron chi connectivity index (χ3n) is 4.52. The minimum absolute atomic E-state index is 0.231. The fourth-order valence-corrected chi connectivity index (χ4v) is 3.53. The van der Waals surface area contributed by atoms with Gasteiger partial charge < -0.3 is 11.1 Å². The first-order valence-electron chi connectivity index (χ1n) is 6.89. The summed E-state index contributed by atoms with van der Waals surface area (Å²) in [6.45, 7) is 2.18. The molecule has 1 aliphatic carbocycles. The highest BCUT2D eigenvalue weighted by atomic mass is 15.0. The zero-order valence-electron chi connectivity index (χ0n) is 10.6. The molecule has 3 unspecified atom stereocenters. The standard InChI is InChI=1S/C15H22N2/c1-10-6-5-8-12-14(16)11-7-3-2-4-9-13(11)17-15(10)12/h5-6,8,11,13-14,17H,2-4,7,9,16H2,1H3. The molecule has 2 nitrogen and oxygen atoms in total. The normalized spacial score (nSPS) is 32.0. The maximum atomic E-state index is 6.50. The monoisotopic (exact) mass is 230 g/mol. The van der Waals surface area contributed by atoms with E-state index in [-0.39, 0.29) is 6.04 Å². The predicted molar refractivity (Wildman–Crippen MR) is 72.1 cm³/mol. The Balaban J connectivity index is 2.00. The van der Waals surface area contributed by atoms with Crippen LogP contribution in [0, 0.1) is 12.8 Å². The molecule has 1 aromatic carbocycles. The summed E-state index contributed by atoms with van der Waals surface area (Å²) in [5.41, 5.74) is 10.5. The lowest BCUT2D eigenvalue weighted by atomic mass is 9.79. The number of benzene rings is 1. The second-order valence-electron chi connectivity index (χ2n) is 5.62. The molecule has 1 aromatic rings. The minimum atomic E-state index is 0.231. The first-order chi connectivity index (χ1) is 8.27. The van der Waals surface area contributed by atoms with E-state index in [1.54, 1.807) is 0 Å². The van der Waals surface area contributed by atoms with Gasteiger partial charge in [-0.15, -0.1) is 0 Å². The summed E-state index contributed by atoms with van der Waals surface area (Å²) in [4.78, 5) is 0. The van der Waals surface area contributed by atoms with Crippen molar-refractivity contribution in [2.75, 3.05) is 5.32 Å². The zero-order chi connectivity index (χ0) is 11.8. The van der Waals surface area contributed by atoms with E-state index in [1.165, 1.54) is 48.9 Å². The van der Waals surface area contributed by atoms with E-state index in [0.29, 0.717) is 12.0 Å². The van der Waals surface area contributed by atoms with E-state index in [4.69, 9.17) is 5.73 Å². The Bertz CT molecular complexity index is 413. The Morgan fingerprint density at radius 2 is 2.00 bits per heavy atom. The van der Waals surface area contributed by atoms with Gasteiger partial charge in [-0.05, 0) is 36.8 Å². The van der Waals surface area contributed by atoms with Crippen LogP contribution in [-0.2, 0) is 0 Å². The third-order valence-corrected chi connectivity index (χ3v) is 4.52. The quantitative estimate of drug-likeness (QED) is 0.717. The molecule has 0 spiro atoms. The van der Waals surface area contributed by atoms with Crippen LogP contribution in [-0.4, -0.2) is 6.04 Å². The van der Waals surface area contributed by atoms with E-state index >= 15 is 0 Å². The van der Waals surface area contributed by atoms with Crippen molar-refractivity contribution in [2.45, 2.75) is 51.1 Å². The molecule has 1 saturated carbocycles. The lowest BCUT2D eigenvalue weighted by Gasteiger charge is -2.39. The topological polar surface area (TPSA) is 38.0 Å². The highest BCUT2D eigenvalue weighted by Crippen LogP contribution is 2.42. The summed E-state index contributed by atoms with van der Waals surface area (Å²) in [5.74, 6) is 0.631. The maximum absolute atomic E-state index is 6.50. The molecule has 17 heavy (non-hydrogen) atoms. The summed E-state index contributed by atoms with van der Waals surface area (Å²) in [7, 11) is 0. The van der Waals surface area contributed by atoms with Gasteiger partial charge in [-0.3, -0.25) is 0 Å². The number of nitrogens with one attached hydrogen (secondary N) is 1. The molecule has 2 aliphatic rings. The number of nitrogens with two attached hydrogens (primary N) is 1. The van der Waals surface area contributed by atoms with E-state index in [9.17, 15) is 0 Å². The summed E-state index contributed by atoms with van der Waals surface area (Å²) >= 11 is 0. The van der Waals surface area contributed by atoms with Gasteiger partial charge in [0.05, 0.1) is 0 Å². The van der Waals surface area contributed by atoms with Crippen LogP contribution in [0.1, 0.15) is 49.3 Å². The molecule has 0 saturated heterocycles. The smallest absolute Gasteiger partial charge is 0.0420 e. The number of hydrogen-bond donors (Lipinski definition) is 2. The number of para-hydroxylation sites is 1. The number of hydrogen-bond acceptors (Lipinski definition) is 2. The average molecular weight is 230 g/mol. The van der Waals surface area contributed by atoms with Crippen molar-refractivity contribution in [1.82, 2.24) is 0 Å². The van der Waals surface area contributed by atoms with Crippen LogP contribution < -0.4 is 11.1 Å². The van der Waals surface area contributed by atoms with Crippen LogP contribution in [0.3, 0.4) is 0 Å². The van der Waals surface area contributed by atoms with Crippen molar-refractivity contribution in [2.24, 2.45) is 11.7 Å². The van der Waals surface area contributed by atoms with E-state index < -0.39 is 0 Å². The van der Waals surface area contributed by atoms with Crippen molar-refractivity contribution >= 4 is 5.69 Å². The Hall–Kier alpha value is -1.02. The van der Waals surface area contributed by atoms with Gasteiger partial charge in [-0.2, -0.15) is 0 Å². The van der Waals surface area contributed by atoms with Crippen LogP contribution in [0.5, 0.6) is 0 Å². The van der Waals surface area contributed by atoms with Crippen molar-refractivity contribution in [3.05, 3.63) is 29.3 Å². The van der Waals surface area contributed by atoms with Gasteiger partial charge in [-0.25, -0.2) is 0 Å². The second-order valence-corrected chi connectivity index (χ2v) is 5.62. The lowest BCUT2D eigenvalue weighted by molar-refractivity contribution is 0.339. The fourth-order valence-electron chi connectivity index (χ4n) is 3.53. The Labute approximate surface area is 104 Å². The van der Waals surface area contributed by atoms with Gasteiger partial charge in [0.2, 0.25) is 0 Å². The highest BCUT2D eigenvalue weighted by Gasteiger charge is 2.35. The average Bonchev–Trinajstić information content (AvgIpc) is 2.56. The zero-order valence-corrected chi connectivity index (χ0v) is 10.6. The summed E-state index contributed by atoms with van der Waals surface area (Å²) < 4.78 is 0. The van der Waals surface area contributed by atoms with Crippen LogP contribution in [0.4, 0.5) is 5.69 Å². The van der Waals surface area contributed by atoms with Crippen LogP contribution in [0.2, 0.25) is 0 Å². The van der Waals surface area contributed by atoms with Gasteiger partial charge >= 0.3 is 0 Å². The molecule has 1 heterocycles. The van der Waals surface area contributed by atoms with Gasteiger partial charge in [-0.1, -0.05) is 37.5 Å². The molecule has 3 atom stereocenters. The van der Waals surface area contributed by atoms with E-state index in [2.05, 4.69) is 30.4 Å². The number of aryl methyl sites for hydroxylation is 1. The molecule has 3 N–H and O–H groups in total. The molecular formula is C15H22N2. The lowest BCUT2D eigenvalue weighted by Crippen LogP contribution is -2.40. The molecule has 92 valence electrons.